The van der Waals surface area contributed by atoms with Gasteiger partial charge in [0.05, 0.1) is 23.8 Å². The summed E-state index contributed by atoms with van der Waals surface area (Å²) in [5, 5.41) is 0.725. The first kappa shape index (κ1) is 22.9. The molecule has 4 rings (SSSR count). The summed E-state index contributed by atoms with van der Waals surface area (Å²) >= 11 is 0. The Labute approximate surface area is 188 Å². The first-order valence-electron chi connectivity index (χ1n) is 10.4. The van der Waals surface area contributed by atoms with Crippen LogP contribution in [-0.2, 0) is 10.9 Å². The molecule has 0 bridgehead atoms. The molecule has 1 aliphatic heterocycles. The fourth-order valence-electron chi connectivity index (χ4n) is 3.60. The number of benzene rings is 1. The molecule has 2 aromatic heterocycles. The number of hydrogen-bond acceptors (Lipinski definition) is 6. The lowest BCUT2D eigenvalue weighted by atomic mass is 10.1. The minimum atomic E-state index is -4.45. The summed E-state index contributed by atoms with van der Waals surface area (Å²) in [7, 11) is 3.92. The van der Waals surface area contributed by atoms with Crippen LogP contribution in [0.2, 0.25) is 0 Å². The molecule has 33 heavy (non-hydrogen) atoms. The van der Waals surface area contributed by atoms with Crippen molar-refractivity contribution < 1.29 is 27.4 Å². The Hall–Kier alpha value is -3.24. The summed E-state index contributed by atoms with van der Waals surface area (Å²) in [4.78, 5) is 24.9. The highest BCUT2D eigenvalue weighted by Crippen LogP contribution is 2.30. The number of aromatic nitrogens is 2. The van der Waals surface area contributed by atoms with E-state index in [1.54, 1.807) is 35.2 Å². The zero-order valence-electron chi connectivity index (χ0n) is 18.2. The summed E-state index contributed by atoms with van der Waals surface area (Å²) in [6, 6.07) is 10.5. The van der Waals surface area contributed by atoms with Gasteiger partial charge in [0.1, 0.15) is 11.4 Å². The maximum Gasteiger partial charge on any atom is 0.417 e. The van der Waals surface area contributed by atoms with Gasteiger partial charge in [-0.1, -0.05) is 6.07 Å². The molecular formula is C23H23F3N4O3. The molecule has 1 atom stereocenters. The van der Waals surface area contributed by atoms with Crippen molar-refractivity contribution in [2.24, 2.45) is 0 Å². The molecule has 174 valence electrons. The quantitative estimate of drug-likeness (QED) is 0.576. The number of carbonyl (C=O) groups excluding carboxylic acids is 1. The van der Waals surface area contributed by atoms with E-state index in [2.05, 4.69) is 9.97 Å². The molecule has 1 aliphatic rings. The monoisotopic (exact) mass is 460 g/mol. The molecule has 1 unspecified atom stereocenters. The number of carbonyl (C=O) groups is 1. The van der Waals surface area contributed by atoms with E-state index < -0.39 is 11.7 Å². The summed E-state index contributed by atoms with van der Waals surface area (Å²) in [5.41, 5.74) is 0.0980. The Morgan fingerprint density at radius 2 is 2.03 bits per heavy atom. The van der Waals surface area contributed by atoms with Crippen molar-refractivity contribution in [3.63, 3.8) is 0 Å². The largest absolute Gasteiger partial charge is 0.439 e. The molecular weight excluding hydrogens is 437 g/mol. The van der Waals surface area contributed by atoms with E-state index in [1.165, 1.54) is 6.07 Å². The van der Waals surface area contributed by atoms with Gasteiger partial charge in [0.25, 0.3) is 5.91 Å². The first-order chi connectivity index (χ1) is 15.7. The van der Waals surface area contributed by atoms with E-state index in [1.807, 2.05) is 19.0 Å². The molecule has 1 aromatic carbocycles. The van der Waals surface area contributed by atoms with Crippen LogP contribution in [0.4, 0.5) is 13.2 Å². The van der Waals surface area contributed by atoms with E-state index >= 15 is 0 Å². The maximum atomic E-state index is 13.0. The second kappa shape index (κ2) is 9.32. The summed E-state index contributed by atoms with van der Waals surface area (Å²) in [6.45, 7) is 2.22. The third kappa shape index (κ3) is 5.58. The van der Waals surface area contributed by atoms with Gasteiger partial charge in [-0.3, -0.25) is 4.79 Å². The number of halogens is 3. The number of morpholine rings is 1. The number of ether oxygens (including phenoxy) is 2. The van der Waals surface area contributed by atoms with Crippen LogP contribution in [0.1, 0.15) is 16.1 Å². The number of fused-ring (bicyclic) bond motifs is 1. The molecule has 0 radical (unpaired) electrons. The molecule has 7 nitrogen and oxygen atoms in total. The number of alkyl halides is 3. The Kier molecular flexibility index (Phi) is 6.48. The topological polar surface area (TPSA) is 67.8 Å². The molecule has 0 N–H and O–H groups in total. The Balaban J connectivity index is 1.47. The van der Waals surface area contributed by atoms with Crippen LogP contribution < -0.4 is 4.74 Å². The fraction of sp³-hybridized carbons (Fsp3) is 0.348. The van der Waals surface area contributed by atoms with Gasteiger partial charge in [0.2, 0.25) is 5.88 Å². The highest BCUT2D eigenvalue weighted by atomic mass is 19.4. The molecule has 0 saturated carbocycles. The fourth-order valence-corrected chi connectivity index (χ4v) is 3.60. The van der Waals surface area contributed by atoms with Crippen molar-refractivity contribution in [2.45, 2.75) is 12.3 Å². The lowest BCUT2D eigenvalue weighted by molar-refractivity contribution is -0.137. The maximum absolute atomic E-state index is 13.0. The Morgan fingerprint density at radius 1 is 1.21 bits per heavy atom. The van der Waals surface area contributed by atoms with Crippen molar-refractivity contribution >= 4 is 16.8 Å². The molecule has 1 saturated heterocycles. The molecule has 1 fully saturated rings. The molecule has 1 amide bonds. The summed E-state index contributed by atoms with van der Waals surface area (Å²) < 4.78 is 49.3. The highest BCUT2D eigenvalue weighted by molar-refractivity contribution is 5.95. The van der Waals surface area contributed by atoms with E-state index in [0.717, 1.165) is 24.2 Å². The summed E-state index contributed by atoms with van der Waals surface area (Å²) in [5.74, 6) is 0.287. The Bertz CT molecular complexity index is 1140. The zero-order valence-corrected chi connectivity index (χ0v) is 18.2. The highest BCUT2D eigenvalue weighted by Gasteiger charge is 2.30. The van der Waals surface area contributed by atoms with Crippen molar-refractivity contribution in [3.05, 3.63) is 59.9 Å². The predicted molar refractivity (Wildman–Crippen MR) is 115 cm³/mol. The predicted octanol–water partition coefficient (Wildman–Crippen LogP) is 3.84. The minimum absolute atomic E-state index is 0.0432. The third-order valence-corrected chi connectivity index (χ3v) is 5.16. The van der Waals surface area contributed by atoms with Gasteiger partial charge in [-0.15, -0.1) is 0 Å². The smallest absolute Gasteiger partial charge is 0.417 e. The molecule has 3 aromatic rings. The third-order valence-electron chi connectivity index (χ3n) is 5.16. The SMILES string of the molecule is CN(C)CC1CN(C(=O)c2ccc3cc(Oc4ccc(C(F)(F)F)cn4)ccc3n2)CCO1. The normalized spacial score (nSPS) is 16.9. The van der Waals surface area contributed by atoms with Crippen molar-refractivity contribution in [2.75, 3.05) is 40.3 Å². The van der Waals surface area contributed by atoms with Gasteiger partial charge in [-0.05, 0) is 44.4 Å². The molecule has 0 aliphatic carbocycles. The van der Waals surface area contributed by atoms with Crippen molar-refractivity contribution in [1.82, 2.24) is 19.8 Å². The van der Waals surface area contributed by atoms with Crippen LogP contribution >= 0.6 is 0 Å². The average molecular weight is 460 g/mol. The van der Waals surface area contributed by atoms with E-state index in [9.17, 15) is 18.0 Å². The summed E-state index contributed by atoms with van der Waals surface area (Å²) in [6.07, 6.45) is -3.77. The van der Waals surface area contributed by atoms with Gasteiger partial charge >= 0.3 is 6.18 Å². The number of rotatable bonds is 5. The van der Waals surface area contributed by atoms with E-state index in [0.29, 0.717) is 36.7 Å². The van der Waals surface area contributed by atoms with Crippen molar-refractivity contribution in [3.8, 4) is 11.6 Å². The van der Waals surface area contributed by atoms with Crippen LogP contribution in [0, 0.1) is 0 Å². The molecule has 0 spiro atoms. The second-order valence-corrected chi connectivity index (χ2v) is 8.04. The van der Waals surface area contributed by atoms with Gasteiger partial charge in [-0.25, -0.2) is 9.97 Å². The molecule has 10 heteroatoms. The molecule has 3 heterocycles. The van der Waals surface area contributed by atoms with Crippen LogP contribution in [0.15, 0.2) is 48.7 Å². The minimum Gasteiger partial charge on any atom is -0.439 e. The van der Waals surface area contributed by atoms with Crippen LogP contribution in [0.5, 0.6) is 11.6 Å². The number of nitrogens with zero attached hydrogens (tertiary/aromatic N) is 4. The second-order valence-electron chi connectivity index (χ2n) is 8.04. The van der Waals surface area contributed by atoms with Gasteiger partial charge in [-0.2, -0.15) is 13.2 Å². The zero-order chi connectivity index (χ0) is 23.6. The number of pyridine rings is 2. The van der Waals surface area contributed by atoms with Gasteiger partial charge in [0.15, 0.2) is 0 Å². The van der Waals surface area contributed by atoms with Crippen molar-refractivity contribution in [1.29, 1.82) is 0 Å². The van der Waals surface area contributed by atoms with E-state index in [-0.39, 0.29) is 17.9 Å². The van der Waals surface area contributed by atoms with E-state index in [4.69, 9.17) is 9.47 Å². The van der Waals surface area contributed by atoms with Crippen LogP contribution in [0.3, 0.4) is 0 Å². The number of amides is 1. The van der Waals surface area contributed by atoms with Crippen LogP contribution in [-0.4, -0.2) is 72.1 Å². The lowest BCUT2D eigenvalue weighted by Gasteiger charge is -2.34. The standard InChI is InChI=1S/C23H23F3N4O3/c1-29(2)13-18-14-30(9-10-32-18)22(31)20-6-3-15-11-17(5-7-19(15)28-20)33-21-8-4-16(12-27-21)23(24,25)26/h3-8,11-12,18H,9-10,13-14H2,1-2H3. The van der Waals surface area contributed by atoms with Crippen LogP contribution in [0.25, 0.3) is 10.9 Å². The van der Waals surface area contributed by atoms with Gasteiger partial charge in [0, 0.05) is 37.3 Å². The number of hydrogen-bond donors (Lipinski definition) is 0. The lowest BCUT2D eigenvalue weighted by Crippen LogP contribution is -2.48. The number of likely N-dealkylation sites (N-methyl/N-ethyl adjacent to an activating group) is 1. The first-order valence-corrected chi connectivity index (χ1v) is 10.4. The van der Waals surface area contributed by atoms with Gasteiger partial charge < -0.3 is 19.3 Å². The average Bonchev–Trinajstić information content (AvgIpc) is 2.78. The Morgan fingerprint density at radius 3 is 2.73 bits per heavy atom.